The number of nitrogens with zero attached hydrogens (tertiary/aromatic N) is 4. The third-order valence-electron chi connectivity index (χ3n) is 19.2. The summed E-state index contributed by atoms with van der Waals surface area (Å²) >= 11 is 0. The molecule has 2 saturated carbocycles. The Morgan fingerprint density at radius 1 is 0.536 bits per heavy atom. The number of rotatable bonds is 0. The van der Waals surface area contributed by atoms with Crippen LogP contribution in [0.15, 0.2) is 97.1 Å². The molecule has 0 unspecified atom stereocenters. The number of aromatic nitrogens is 2. The average molecular weight is 891 g/mol. The van der Waals surface area contributed by atoms with E-state index in [0.717, 1.165) is 16.8 Å². The van der Waals surface area contributed by atoms with Gasteiger partial charge in [0.15, 0.2) is 5.69 Å². The van der Waals surface area contributed by atoms with Gasteiger partial charge in [0.2, 0.25) is 0 Å². The second-order valence-corrected chi connectivity index (χ2v) is 24.6. The summed E-state index contributed by atoms with van der Waals surface area (Å²) in [6.07, 6.45) is 11.3. The molecule has 2 bridgehead atoms. The maximum atomic E-state index is 11.3. The molecule has 0 radical (unpaired) electrons. The van der Waals surface area contributed by atoms with Crippen LogP contribution in [-0.4, -0.2) is 8.80 Å². The van der Waals surface area contributed by atoms with Crippen LogP contribution < -0.4 is 0 Å². The van der Waals surface area contributed by atoms with Crippen molar-refractivity contribution in [2.45, 2.75) is 133 Å². The molecular weight excluding hydrogens is 837 g/mol. The van der Waals surface area contributed by atoms with Crippen LogP contribution in [0.5, 0.6) is 0 Å². The summed E-state index contributed by atoms with van der Waals surface area (Å²) in [5.74, 6) is 0.0480. The second kappa shape index (κ2) is 12.3. The lowest BCUT2D eigenvalue weighted by atomic mass is 9.59. The van der Waals surface area contributed by atoms with Crippen molar-refractivity contribution in [2.24, 2.45) is 0 Å². The van der Waals surface area contributed by atoms with Crippen LogP contribution in [0.25, 0.3) is 81.0 Å². The summed E-state index contributed by atoms with van der Waals surface area (Å²) in [6.45, 7) is 23.0. The molecule has 6 aliphatic rings. The Bertz CT molecular complexity index is 4230. The minimum atomic E-state index is -0.102. The minimum Gasteiger partial charge on any atom is -0.309 e. The Labute approximate surface area is 402 Å². The number of hydrogen-bond acceptors (Lipinski definition) is 1. The molecule has 4 aromatic heterocycles. The van der Waals surface area contributed by atoms with Crippen LogP contribution in [0, 0.1) is 17.9 Å². The van der Waals surface area contributed by atoms with Crippen molar-refractivity contribution in [2.75, 3.05) is 0 Å². The molecule has 6 aliphatic carbocycles. The molecule has 4 heterocycles. The maximum Gasteiger partial charge on any atom is 0.193 e. The number of fused-ring (bicyclic) bond motifs is 16. The van der Waals surface area contributed by atoms with Crippen LogP contribution in [0.1, 0.15) is 172 Å². The summed E-state index contributed by atoms with van der Waals surface area (Å²) in [5.41, 5.74) is 22.7. The molecule has 11 aromatic rings. The van der Waals surface area contributed by atoms with Crippen molar-refractivity contribution in [3.05, 3.63) is 170 Å². The second-order valence-electron chi connectivity index (χ2n) is 24.6. The SMILES string of the molecule is [C-]#[N+]c1cc2c(c3c1C1(CCCC1)CC31CCCC1)c1cc(C(C)(C)C)cc3c4cc5c(cc4n2c31)c1cc(C(C)(C)C)cc2c3c4c(c(C#N)cc3n5c12)C1c2ccccc2C4c2ccccc21. The molecule has 4 heteroatoms. The highest BCUT2D eigenvalue weighted by atomic mass is 14.9. The van der Waals surface area contributed by atoms with Crippen molar-refractivity contribution >= 4 is 81.9 Å². The summed E-state index contributed by atoms with van der Waals surface area (Å²) < 4.78 is 5.15. The molecule has 2 fully saturated rings. The Morgan fingerprint density at radius 2 is 0.986 bits per heavy atom. The molecule has 334 valence electrons. The summed E-state index contributed by atoms with van der Waals surface area (Å²) in [6, 6.07) is 40.5. The van der Waals surface area contributed by atoms with E-state index < -0.39 is 0 Å². The van der Waals surface area contributed by atoms with E-state index in [1.807, 2.05) is 0 Å². The van der Waals surface area contributed by atoms with Gasteiger partial charge in [-0.25, -0.2) is 4.85 Å². The average Bonchev–Trinajstić information content (AvgIpc) is 4.23. The van der Waals surface area contributed by atoms with Crippen molar-refractivity contribution in [3.63, 3.8) is 0 Å². The van der Waals surface area contributed by atoms with Gasteiger partial charge < -0.3 is 8.80 Å². The van der Waals surface area contributed by atoms with Crippen LogP contribution in [-0.2, 0) is 21.7 Å². The normalized spacial score (nSPS) is 20.0. The topological polar surface area (TPSA) is 37.0 Å². The fourth-order valence-corrected chi connectivity index (χ4v) is 16.5. The largest absolute Gasteiger partial charge is 0.309 e. The minimum absolute atomic E-state index is 0.0116. The molecule has 4 nitrogen and oxygen atoms in total. The molecule has 17 rings (SSSR count). The molecule has 0 saturated heterocycles. The first kappa shape index (κ1) is 39.0. The third kappa shape index (κ3) is 4.45. The highest BCUT2D eigenvalue weighted by molar-refractivity contribution is 6.30. The Hall–Kier alpha value is -6.88. The van der Waals surface area contributed by atoms with Crippen LogP contribution in [0.4, 0.5) is 5.69 Å². The summed E-state index contributed by atoms with van der Waals surface area (Å²) in [5, 5.41) is 21.8. The van der Waals surface area contributed by atoms with Gasteiger partial charge in [-0.15, -0.1) is 0 Å². The van der Waals surface area contributed by atoms with Gasteiger partial charge in [-0.2, -0.15) is 5.26 Å². The lowest BCUT2D eigenvalue weighted by Crippen LogP contribution is -2.28. The predicted molar refractivity (Wildman–Crippen MR) is 284 cm³/mol. The maximum absolute atomic E-state index is 11.3. The number of nitriles is 1. The number of hydrogen-bond donors (Lipinski definition) is 0. The Morgan fingerprint density at radius 3 is 1.46 bits per heavy atom. The molecule has 0 aliphatic heterocycles. The quantitative estimate of drug-likeness (QED) is 0.140. The molecule has 7 aromatic carbocycles. The third-order valence-corrected chi connectivity index (χ3v) is 19.2. The van der Waals surface area contributed by atoms with E-state index in [9.17, 15) is 5.26 Å². The highest BCUT2D eigenvalue weighted by Gasteiger charge is 2.56. The van der Waals surface area contributed by atoms with E-state index in [0.29, 0.717) is 0 Å². The lowest BCUT2D eigenvalue weighted by Gasteiger charge is -2.43. The van der Waals surface area contributed by atoms with Gasteiger partial charge in [-0.1, -0.05) is 116 Å². The van der Waals surface area contributed by atoms with Crippen molar-refractivity contribution in [1.82, 2.24) is 8.80 Å². The van der Waals surface area contributed by atoms with Crippen molar-refractivity contribution in [3.8, 4) is 6.07 Å². The van der Waals surface area contributed by atoms with E-state index in [-0.39, 0.29) is 33.5 Å². The van der Waals surface area contributed by atoms with Crippen molar-refractivity contribution in [1.29, 1.82) is 5.26 Å². The standard InChI is InChI=1S/C65H54N4/c1-62(2,3)35-25-43-41-30-49-42(29-48(41)68-50-24-34(32-66)52-53-37-16-8-10-18-39(37)54(40-19-11-9-17-38(40)53)57(52)55(50)45(27-35)60(43)68)44-26-36(63(4,5)6)28-46-56-51(69(49)61(44)46)31-47(67-7)58-59(56)65(22-14-15-23-65)33-64(58)20-12-13-21-64/h8-11,16-19,24-31,53-54H,12-15,20-23,33H2,1-6H3. The molecule has 2 spiro atoms. The van der Waals surface area contributed by atoms with Gasteiger partial charge in [0.05, 0.1) is 45.8 Å². The summed E-state index contributed by atoms with van der Waals surface area (Å²) in [4.78, 5) is 4.50. The van der Waals surface area contributed by atoms with Crippen LogP contribution >= 0.6 is 0 Å². The first-order chi connectivity index (χ1) is 33.3. The lowest BCUT2D eigenvalue weighted by molar-refractivity contribution is 0.325. The van der Waals surface area contributed by atoms with Gasteiger partial charge in [0, 0.05) is 60.4 Å². The van der Waals surface area contributed by atoms with Gasteiger partial charge in [0.25, 0.3) is 0 Å². The fourth-order valence-electron chi connectivity index (χ4n) is 16.5. The zero-order valence-corrected chi connectivity index (χ0v) is 40.5. The van der Waals surface area contributed by atoms with Crippen LogP contribution in [0.2, 0.25) is 0 Å². The van der Waals surface area contributed by atoms with E-state index in [1.54, 1.807) is 5.56 Å². The van der Waals surface area contributed by atoms with E-state index in [1.165, 1.54) is 179 Å². The Kier molecular flexibility index (Phi) is 6.94. The first-order valence-electron chi connectivity index (χ1n) is 25.9. The first-order valence-corrected chi connectivity index (χ1v) is 25.9. The van der Waals surface area contributed by atoms with Crippen molar-refractivity contribution < 1.29 is 0 Å². The molecule has 0 amide bonds. The zero-order chi connectivity index (χ0) is 46.4. The highest BCUT2D eigenvalue weighted by Crippen LogP contribution is 2.67. The van der Waals surface area contributed by atoms with Crippen LogP contribution in [0.3, 0.4) is 0 Å². The molecule has 0 atom stereocenters. The predicted octanol–water partition coefficient (Wildman–Crippen LogP) is 17.0. The van der Waals surface area contributed by atoms with E-state index in [2.05, 4.69) is 158 Å². The smallest absolute Gasteiger partial charge is 0.193 e. The zero-order valence-electron chi connectivity index (χ0n) is 40.5. The van der Waals surface area contributed by atoms with Gasteiger partial charge in [0.1, 0.15) is 0 Å². The summed E-state index contributed by atoms with van der Waals surface area (Å²) in [7, 11) is 0. The van der Waals surface area contributed by atoms with E-state index >= 15 is 0 Å². The Balaban J connectivity index is 1.09. The van der Waals surface area contributed by atoms with Gasteiger partial charge in [-0.3, -0.25) is 0 Å². The van der Waals surface area contributed by atoms with Gasteiger partial charge >= 0.3 is 0 Å². The molecule has 0 N–H and O–H groups in total. The monoisotopic (exact) mass is 890 g/mol. The van der Waals surface area contributed by atoms with Gasteiger partial charge in [-0.05, 0) is 158 Å². The number of benzene rings is 7. The molecular formula is C65H54N4. The fraction of sp³-hybridized carbons (Fsp3) is 0.323. The molecule has 69 heavy (non-hydrogen) atoms. The van der Waals surface area contributed by atoms with E-state index in [4.69, 9.17) is 6.57 Å².